The summed E-state index contributed by atoms with van der Waals surface area (Å²) in [7, 11) is 0. The Morgan fingerprint density at radius 3 is 2.81 bits per heavy atom. The van der Waals surface area contributed by atoms with Crippen LogP contribution < -0.4 is 11.1 Å². The Morgan fingerprint density at radius 1 is 1.29 bits per heavy atom. The second-order valence-corrected chi connectivity index (χ2v) is 5.65. The van der Waals surface area contributed by atoms with Crippen LogP contribution in [0, 0.1) is 6.92 Å². The zero-order valence-electron chi connectivity index (χ0n) is 12.5. The van der Waals surface area contributed by atoms with Crippen LogP contribution in [0.25, 0.3) is 11.3 Å². The van der Waals surface area contributed by atoms with Gasteiger partial charge >= 0.3 is 0 Å². The zero-order valence-corrected chi connectivity index (χ0v) is 12.5. The van der Waals surface area contributed by atoms with Crippen LogP contribution in [0.5, 0.6) is 0 Å². The molecule has 0 radical (unpaired) electrons. The molecule has 2 aromatic rings. The summed E-state index contributed by atoms with van der Waals surface area (Å²) < 4.78 is 0. The molecule has 0 spiro atoms. The van der Waals surface area contributed by atoms with Crippen LogP contribution in [0.3, 0.4) is 0 Å². The maximum Gasteiger partial charge on any atom is 0.132 e. The number of rotatable bonds is 6. The average Bonchev–Trinajstić information content (AvgIpc) is 3.33. The largest absolute Gasteiger partial charge is 0.382 e. The summed E-state index contributed by atoms with van der Waals surface area (Å²) in [5.41, 5.74) is 10.00. The number of anilines is 1. The molecule has 4 nitrogen and oxygen atoms in total. The van der Waals surface area contributed by atoms with E-state index in [-0.39, 0.29) is 0 Å². The van der Waals surface area contributed by atoms with Crippen molar-refractivity contribution in [1.29, 1.82) is 0 Å². The molecule has 0 bridgehead atoms. The maximum absolute atomic E-state index is 5.57. The van der Waals surface area contributed by atoms with Crippen molar-refractivity contribution in [3.8, 4) is 11.3 Å². The molecule has 1 heterocycles. The van der Waals surface area contributed by atoms with Gasteiger partial charge in [0.05, 0.1) is 17.6 Å². The first-order chi connectivity index (χ1) is 10.3. The van der Waals surface area contributed by atoms with Gasteiger partial charge in [0.15, 0.2) is 0 Å². The third-order valence-electron chi connectivity index (χ3n) is 3.85. The van der Waals surface area contributed by atoms with E-state index in [1.807, 2.05) is 6.20 Å². The first kappa shape index (κ1) is 14.0. The number of hydrogen-bond donors (Lipinski definition) is 2. The normalized spacial score (nSPS) is 14.2. The van der Waals surface area contributed by atoms with Crippen molar-refractivity contribution in [2.45, 2.75) is 32.1 Å². The van der Waals surface area contributed by atoms with Gasteiger partial charge in [0.1, 0.15) is 5.82 Å². The van der Waals surface area contributed by atoms with E-state index in [1.54, 1.807) is 0 Å². The smallest absolute Gasteiger partial charge is 0.132 e. The van der Waals surface area contributed by atoms with Crippen LogP contribution in [-0.4, -0.2) is 23.1 Å². The van der Waals surface area contributed by atoms with Crippen molar-refractivity contribution in [3.05, 3.63) is 41.9 Å². The summed E-state index contributed by atoms with van der Waals surface area (Å²) >= 11 is 0. The minimum Gasteiger partial charge on any atom is -0.382 e. The van der Waals surface area contributed by atoms with Crippen LogP contribution in [0.1, 0.15) is 36.6 Å². The van der Waals surface area contributed by atoms with E-state index >= 15 is 0 Å². The molecule has 4 heteroatoms. The van der Waals surface area contributed by atoms with Gasteiger partial charge in [-0.15, -0.1) is 0 Å². The predicted molar refractivity (Wildman–Crippen MR) is 86.3 cm³/mol. The van der Waals surface area contributed by atoms with Crippen LogP contribution in [0.2, 0.25) is 0 Å². The standard InChI is InChI=1S/C17H22N4/c1-12-5-2-3-6-14(12)16-15(19-10-4-9-18)11-20-17(21-16)13-7-8-13/h2-3,5-6,11,13,19H,4,7-10,18H2,1H3. The van der Waals surface area contributed by atoms with Gasteiger partial charge in [0.2, 0.25) is 0 Å². The third-order valence-corrected chi connectivity index (χ3v) is 3.85. The Hall–Kier alpha value is -1.94. The number of benzene rings is 1. The fourth-order valence-corrected chi connectivity index (χ4v) is 2.43. The number of hydrogen-bond acceptors (Lipinski definition) is 4. The van der Waals surface area contributed by atoms with Crippen LogP contribution in [0.15, 0.2) is 30.5 Å². The van der Waals surface area contributed by atoms with Crippen LogP contribution in [0.4, 0.5) is 5.69 Å². The molecule has 1 aromatic heterocycles. The molecule has 1 fully saturated rings. The Kier molecular flexibility index (Phi) is 4.15. The van der Waals surface area contributed by atoms with Crippen LogP contribution in [-0.2, 0) is 0 Å². The lowest BCUT2D eigenvalue weighted by molar-refractivity contribution is 0.868. The molecular formula is C17H22N4. The van der Waals surface area contributed by atoms with E-state index in [9.17, 15) is 0 Å². The van der Waals surface area contributed by atoms with Crippen molar-refractivity contribution < 1.29 is 0 Å². The maximum atomic E-state index is 5.57. The van der Waals surface area contributed by atoms with E-state index in [4.69, 9.17) is 10.7 Å². The third kappa shape index (κ3) is 3.22. The highest BCUT2D eigenvalue weighted by Crippen LogP contribution is 2.39. The van der Waals surface area contributed by atoms with Gasteiger partial charge < -0.3 is 11.1 Å². The SMILES string of the molecule is Cc1ccccc1-c1nc(C2CC2)ncc1NCCCN. The summed E-state index contributed by atoms with van der Waals surface area (Å²) in [6, 6.07) is 8.37. The first-order valence-corrected chi connectivity index (χ1v) is 7.66. The minimum atomic E-state index is 0.561. The molecule has 21 heavy (non-hydrogen) atoms. The van der Waals surface area contributed by atoms with Gasteiger partial charge in [0.25, 0.3) is 0 Å². The van der Waals surface area contributed by atoms with Gasteiger partial charge in [-0.25, -0.2) is 9.97 Å². The second kappa shape index (κ2) is 6.22. The summed E-state index contributed by atoms with van der Waals surface area (Å²) in [4.78, 5) is 9.37. The highest BCUT2D eigenvalue weighted by atomic mass is 15.0. The predicted octanol–water partition coefficient (Wildman–Crippen LogP) is 3.09. The molecular weight excluding hydrogens is 260 g/mol. The summed E-state index contributed by atoms with van der Waals surface area (Å²) in [5.74, 6) is 1.54. The van der Waals surface area contributed by atoms with E-state index in [1.165, 1.54) is 24.0 Å². The molecule has 0 unspecified atom stereocenters. The first-order valence-electron chi connectivity index (χ1n) is 7.66. The van der Waals surface area contributed by atoms with Crippen molar-refractivity contribution in [2.24, 2.45) is 5.73 Å². The fourth-order valence-electron chi connectivity index (χ4n) is 2.43. The molecule has 1 aliphatic carbocycles. The lowest BCUT2D eigenvalue weighted by atomic mass is 10.0. The van der Waals surface area contributed by atoms with Crippen molar-refractivity contribution in [2.75, 3.05) is 18.4 Å². The zero-order chi connectivity index (χ0) is 14.7. The van der Waals surface area contributed by atoms with Crippen LogP contribution >= 0.6 is 0 Å². The monoisotopic (exact) mass is 282 g/mol. The summed E-state index contributed by atoms with van der Waals surface area (Å²) in [6.07, 6.45) is 5.30. The topological polar surface area (TPSA) is 63.8 Å². The lowest BCUT2D eigenvalue weighted by Crippen LogP contribution is -2.10. The van der Waals surface area contributed by atoms with Crippen molar-refractivity contribution in [3.63, 3.8) is 0 Å². The lowest BCUT2D eigenvalue weighted by Gasteiger charge is -2.13. The molecule has 110 valence electrons. The average molecular weight is 282 g/mol. The summed E-state index contributed by atoms with van der Waals surface area (Å²) in [6.45, 7) is 3.66. The van der Waals surface area contributed by atoms with E-state index in [0.29, 0.717) is 12.5 Å². The van der Waals surface area contributed by atoms with E-state index in [0.717, 1.165) is 30.2 Å². The van der Waals surface area contributed by atoms with E-state index < -0.39 is 0 Å². The molecule has 3 rings (SSSR count). The highest BCUT2D eigenvalue weighted by Gasteiger charge is 2.27. The van der Waals surface area contributed by atoms with Gasteiger partial charge in [-0.1, -0.05) is 24.3 Å². The number of aryl methyl sites for hydroxylation is 1. The van der Waals surface area contributed by atoms with Gasteiger partial charge in [0, 0.05) is 18.0 Å². The number of nitrogens with one attached hydrogen (secondary N) is 1. The van der Waals surface area contributed by atoms with Gasteiger partial charge in [-0.05, 0) is 38.3 Å². The summed E-state index contributed by atoms with van der Waals surface area (Å²) in [5, 5.41) is 3.42. The van der Waals surface area contributed by atoms with Gasteiger partial charge in [-0.2, -0.15) is 0 Å². The molecule has 0 saturated heterocycles. The second-order valence-electron chi connectivity index (χ2n) is 5.65. The van der Waals surface area contributed by atoms with Crippen molar-refractivity contribution in [1.82, 2.24) is 9.97 Å². The van der Waals surface area contributed by atoms with E-state index in [2.05, 4.69) is 41.5 Å². The van der Waals surface area contributed by atoms with Crippen molar-refractivity contribution >= 4 is 5.69 Å². The Morgan fingerprint density at radius 2 is 2.10 bits per heavy atom. The van der Waals surface area contributed by atoms with Gasteiger partial charge in [-0.3, -0.25) is 0 Å². The fraction of sp³-hybridized carbons (Fsp3) is 0.412. The molecule has 3 N–H and O–H groups in total. The Bertz CT molecular complexity index is 620. The minimum absolute atomic E-state index is 0.561. The highest BCUT2D eigenvalue weighted by molar-refractivity contribution is 5.75. The molecule has 0 atom stereocenters. The molecule has 1 aliphatic rings. The number of aromatic nitrogens is 2. The molecule has 0 amide bonds. The quantitative estimate of drug-likeness (QED) is 0.799. The number of nitrogens with zero attached hydrogens (tertiary/aromatic N) is 2. The Labute approximate surface area is 125 Å². The molecule has 1 aromatic carbocycles. The number of nitrogens with two attached hydrogens (primary N) is 1. The molecule has 1 saturated carbocycles. The molecule has 0 aliphatic heterocycles. The Balaban J connectivity index is 1.97.